The van der Waals surface area contributed by atoms with Gasteiger partial charge in [-0.3, -0.25) is 0 Å². The molecule has 0 radical (unpaired) electrons. The van der Waals surface area contributed by atoms with Crippen molar-refractivity contribution in [2.24, 2.45) is 0 Å². The summed E-state index contributed by atoms with van der Waals surface area (Å²) in [5.74, 6) is 0. The molecule has 1 nitrogen and oxygen atoms in total. The van der Waals surface area contributed by atoms with E-state index in [9.17, 15) is 26.1 Å². The maximum atomic E-state index is 12.3. The molecule has 0 unspecified atom stereocenters. The minimum atomic E-state index is -5.63. The fourth-order valence-electron chi connectivity index (χ4n) is 1.11. The maximum absolute atomic E-state index is 12.3. The minimum Gasteiger partial charge on any atom is -0.445 e. The van der Waals surface area contributed by atoms with Crippen LogP contribution in [-0.2, 0) is 6.18 Å². The van der Waals surface area contributed by atoms with Crippen molar-refractivity contribution in [1.29, 1.82) is 5.26 Å². The molecular weight excluding hydrogens is 274 g/mol. The van der Waals surface area contributed by atoms with Crippen LogP contribution in [0.3, 0.4) is 0 Å². The zero-order chi connectivity index (χ0) is 12.6. The third kappa shape index (κ3) is 4.30. The van der Waals surface area contributed by atoms with Gasteiger partial charge in [-0.25, -0.2) is 0 Å². The molecule has 0 aromatic heterocycles. The Morgan fingerprint density at radius 1 is 1.12 bits per heavy atom. The molecular formula is C8H3BF6KN. The standard InChI is InChI=1S/C8H3BF6N.K/c10-8(11,12)6-2-1-5(4-16)7(3-6)9(13,14)15;/h1-3H;/q-1;+1. The normalized spacial score (nSPS) is 11.6. The molecule has 1 aromatic rings. The largest absolute Gasteiger partial charge is 1.00 e. The maximum Gasteiger partial charge on any atom is 1.00 e. The van der Waals surface area contributed by atoms with Crippen molar-refractivity contribution in [1.82, 2.24) is 0 Å². The van der Waals surface area contributed by atoms with Gasteiger partial charge in [-0.05, 0) is 12.1 Å². The predicted octanol–water partition coefficient (Wildman–Crippen LogP) is -0.365. The topological polar surface area (TPSA) is 23.8 Å². The number of halogens is 6. The zero-order valence-electron chi connectivity index (χ0n) is 8.52. The summed E-state index contributed by atoms with van der Waals surface area (Å²) < 4.78 is 73.5. The van der Waals surface area contributed by atoms with Crippen molar-refractivity contribution in [3.63, 3.8) is 0 Å². The predicted molar refractivity (Wildman–Crippen MR) is 44.9 cm³/mol. The molecule has 1 rings (SSSR count). The van der Waals surface area contributed by atoms with Gasteiger partial charge < -0.3 is 12.9 Å². The quantitative estimate of drug-likeness (QED) is 0.508. The molecule has 1 aromatic carbocycles. The van der Waals surface area contributed by atoms with E-state index in [2.05, 4.69) is 0 Å². The number of benzene rings is 1. The van der Waals surface area contributed by atoms with Crippen LogP contribution >= 0.6 is 0 Å². The second kappa shape index (κ2) is 5.75. The average Bonchev–Trinajstić information content (AvgIpc) is 2.14. The smallest absolute Gasteiger partial charge is 0.445 e. The first-order valence-electron chi connectivity index (χ1n) is 3.97. The number of alkyl halides is 3. The Balaban J connectivity index is 0.00000256. The molecule has 0 aliphatic carbocycles. The fraction of sp³-hybridized carbons (Fsp3) is 0.125. The summed E-state index contributed by atoms with van der Waals surface area (Å²) in [6.07, 6.45) is -4.86. The molecule has 0 saturated heterocycles. The Kier molecular flexibility index (Phi) is 5.75. The Morgan fingerprint density at radius 3 is 2.00 bits per heavy atom. The van der Waals surface area contributed by atoms with Gasteiger partial charge in [-0.15, -0.1) is 0 Å². The first-order chi connectivity index (χ1) is 7.16. The van der Waals surface area contributed by atoms with Crippen molar-refractivity contribution in [3.8, 4) is 6.07 Å². The molecule has 0 aliphatic rings. The van der Waals surface area contributed by atoms with E-state index in [0.717, 1.165) is 0 Å². The zero-order valence-corrected chi connectivity index (χ0v) is 11.6. The SMILES string of the molecule is N#Cc1ccc(C(F)(F)F)cc1[B-](F)(F)F.[K+]. The number of hydrogen-bond acceptors (Lipinski definition) is 1. The Labute approximate surface area is 135 Å². The van der Waals surface area contributed by atoms with Crippen LogP contribution < -0.4 is 56.8 Å². The monoisotopic (exact) mass is 277 g/mol. The van der Waals surface area contributed by atoms with Gasteiger partial charge in [0.25, 0.3) is 0 Å². The van der Waals surface area contributed by atoms with Gasteiger partial charge in [0.1, 0.15) is 0 Å². The Hall–Kier alpha value is -0.00870. The summed E-state index contributed by atoms with van der Waals surface area (Å²) in [7, 11) is 0. The van der Waals surface area contributed by atoms with Crippen LogP contribution in [0.2, 0.25) is 0 Å². The summed E-state index contributed by atoms with van der Waals surface area (Å²) >= 11 is 0. The van der Waals surface area contributed by atoms with Gasteiger partial charge >= 0.3 is 64.5 Å². The van der Waals surface area contributed by atoms with E-state index in [0.29, 0.717) is 12.1 Å². The minimum absolute atomic E-state index is 0. The number of nitrogens with zero attached hydrogens (tertiary/aromatic N) is 1. The van der Waals surface area contributed by atoms with Gasteiger partial charge in [0, 0.05) is 5.56 Å². The van der Waals surface area contributed by atoms with E-state index < -0.39 is 29.7 Å². The van der Waals surface area contributed by atoms with Crippen molar-refractivity contribution in [3.05, 3.63) is 29.3 Å². The summed E-state index contributed by atoms with van der Waals surface area (Å²) in [5, 5.41) is 8.35. The molecule has 0 fully saturated rings. The van der Waals surface area contributed by atoms with Crippen LogP contribution in [0, 0.1) is 11.3 Å². The van der Waals surface area contributed by atoms with Crippen LogP contribution in [0.15, 0.2) is 18.2 Å². The Bertz CT molecular complexity index is 447. The van der Waals surface area contributed by atoms with Crippen LogP contribution in [0.5, 0.6) is 0 Å². The summed E-state index contributed by atoms with van der Waals surface area (Å²) in [4.78, 5) is 0. The first kappa shape index (κ1) is 17.0. The molecule has 0 heterocycles. The van der Waals surface area contributed by atoms with Crippen molar-refractivity contribution < 1.29 is 77.5 Å². The van der Waals surface area contributed by atoms with Gasteiger partial charge in [0.2, 0.25) is 0 Å². The average molecular weight is 277 g/mol. The van der Waals surface area contributed by atoms with Crippen LogP contribution in [0.25, 0.3) is 0 Å². The fourth-order valence-corrected chi connectivity index (χ4v) is 1.11. The molecule has 0 amide bonds. The third-order valence-electron chi connectivity index (χ3n) is 1.85. The van der Waals surface area contributed by atoms with E-state index in [4.69, 9.17) is 5.26 Å². The molecule has 0 spiro atoms. The van der Waals surface area contributed by atoms with Gasteiger partial charge in [-0.2, -0.15) is 18.4 Å². The molecule has 0 atom stereocenters. The molecule has 0 saturated carbocycles. The second-order valence-electron chi connectivity index (χ2n) is 2.99. The van der Waals surface area contributed by atoms with Crippen LogP contribution in [-0.4, -0.2) is 6.98 Å². The Morgan fingerprint density at radius 2 is 1.65 bits per heavy atom. The number of nitriles is 1. The van der Waals surface area contributed by atoms with Gasteiger partial charge in [-0.1, -0.05) is 11.5 Å². The summed E-state index contributed by atoms with van der Waals surface area (Å²) in [6.45, 7) is -5.63. The third-order valence-corrected chi connectivity index (χ3v) is 1.85. The van der Waals surface area contributed by atoms with Gasteiger partial charge in [0.05, 0.1) is 11.6 Å². The van der Waals surface area contributed by atoms with Crippen molar-refractivity contribution >= 4 is 12.4 Å². The van der Waals surface area contributed by atoms with Crippen LogP contribution in [0.1, 0.15) is 11.1 Å². The van der Waals surface area contributed by atoms with Crippen molar-refractivity contribution in [2.75, 3.05) is 0 Å². The van der Waals surface area contributed by atoms with E-state index in [1.165, 1.54) is 6.07 Å². The van der Waals surface area contributed by atoms with E-state index in [1.807, 2.05) is 0 Å². The van der Waals surface area contributed by atoms with E-state index >= 15 is 0 Å². The number of rotatable bonds is 1. The van der Waals surface area contributed by atoms with Crippen LogP contribution in [0.4, 0.5) is 26.1 Å². The van der Waals surface area contributed by atoms with E-state index in [-0.39, 0.29) is 57.5 Å². The molecule has 0 aliphatic heterocycles. The first-order valence-corrected chi connectivity index (χ1v) is 3.97. The second-order valence-corrected chi connectivity index (χ2v) is 2.99. The molecule has 0 N–H and O–H groups in total. The number of hydrogen-bond donors (Lipinski definition) is 0. The summed E-state index contributed by atoms with van der Waals surface area (Å²) in [6, 6.07) is 2.14. The van der Waals surface area contributed by atoms with E-state index in [1.54, 1.807) is 0 Å². The molecule has 17 heavy (non-hydrogen) atoms. The summed E-state index contributed by atoms with van der Waals surface area (Å²) in [5.41, 5.74) is -3.74. The van der Waals surface area contributed by atoms with Crippen molar-refractivity contribution in [2.45, 2.75) is 6.18 Å². The molecule has 0 bridgehead atoms. The van der Waals surface area contributed by atoms with Gasteiger partial charge in [0.15, 0.2) is 0 Å². The molecule has 9 heteroatoms. The molecule has 86 valence electrons.